The first kappa shape index (κ1) is 26.6. The number of likely N-dealkylation sites (tertiary alicyclic amines) is 1. The van der Waals surface area contributed by atoms with Crippen molar-refractivity contribution in [1.29, 1.82) is 0 Å². The summed E-state index contributed by atoms with van der Waals surface area (Å²) >= 11 is 0. The van der Waals surface area contributed by atoms with E-state index in [1.807, 2.05) is 0 Å². The number of carbonyl (C=O) groups is 1. The Morgan fingerprint density at radius 2 is 1.95 bits per heavy atom. The Labute approximate surface area is 245 Å². The first-order valence-electron chi connectivity index (χ1n) is 16.0. The van der Waals surface area contributed by atoms with Crippen LogP contribution in [0.5, 0.6) is 5.88 Å². The van der Waals surface area contributed by atoms with Gasteiger partial charge >= 0.3 is 0 Å². The van der Waals surface area contributed by atoms with E-state index in [2.05, 4.69) is 40.5 Å². The Morgan fingerprint density at radius 3 is 2.74 bits per heavy atom. The normalized spacial score (nSPS) is 30.6. The molecule has 3 aromatic heterocycles. The van der Waals surface area contributed by atoms with Crippen molar-refractivity contribution in [2.75, 3.05) is 38.3 Å². The maximum absolute atomic E-state index is 13.3. The number of carbonyl (C=O) groups excluding carboxylic acids is 1. The number of rotatable bonds is 4. The van der Waals surface area contributed by atoms with Gasteiger partial charge in [-0.05, 0) is 78.8 Å². The molecular weight excluding hydrogens is 534 g/mol. The van der Waals surface area contributed by atoms with E-state index in [1.54, 1.807) is 0 Å². The topological polar surface area (TPSA) is 112 Å². The predicted molar refractivity (Wildman–Crippen MR) is 156 cm³/mol. The molecule has 0 aromatic carbocycles. The van der Waals surface area contributed by atoms with Crippen LogP contribution in [0.15, 0.2) is 4.52 Å². The number of likely N-dealkylation sites (N-methyl/N-ethyl adjacent to an activating group) is 1. The van der Waals surface area contributed by atoms with E-state index in [4.69, 9.17) is 29.1 Å². The fourth-order valence-electron chi connectivity index (χ4n) is 8.48. The van der Waals surface area contributed by atoms with Crippen molar-refractivity contribution >= 4 is 22.6 Å². The highest BCUT2D eigenvalue weighted by molar-refractivity contribution is 5.95. The van der Waals surface area contributed by atoms with Gasteiger partial charge in [0, 0.05) is 18.0 Å². The minimum absolute atomic E-state index is 0.102. The molecule has 0 radical (unpaired) electrons. The van der Waals surface area contributed by atoms with Crippen LogP contribution in [0, 0.1) is 0 Å². The lowest BCUT2D eigenvalue weighted by atomic mass is 9.64. The molecule has 6 heterocycles. The van der Waals surface area contributed by atoms with Crippen LogP contribution in [0.2, 0.25) is 0 Å². The molecule has 2 saturated heterocycles. The van der Waals surface area contributed by atoms with Crippen molar-refractivity contribution in [2.24, 2.45) is 0 Å². The molecule has 0 unspecified atom stereocenters. The molecule has 5 atom stereocenters. The zero-order chi connectivity index (χ0) is 28.6. The van der Waals surface area contributed by atoms with E-state index >= 15 is 0 Å². The van der Waals surface area contributed by atoms with Gasteiger partial charge in [-0.1, -0.05) is 11.6 Å². The van der Waals surface area contributed by atoms with E-state index in [1.165, 1.54) is 6.42 Å². The molecule has 3 aliphatic heterocycles. The third kappa shape index (κ3) is 3.95. The van der Waals surface area contributed by atoms with Gasteiger partial charge in [-0.3, -0.25) is 4.79 Å². The average Bonchev–Trinajstić information content (AvgIpc) is 3.77. The van der Waals surface area contributed by atoms with Gasteiger partial charge in [-0.15, -0.1) is 5.10 Å². The molecule has 1 saturated carbocycles. The molecule has 3 fully saturated rings. The highest BCUT2D eigenvalue weighted by atomic mass is 16.5. The van der Waals surface area contributed by atoms with E-state index in [0.717, 1.165) is 86.1 Å². The number of hydrogen-bond donors (Lipinski definition) is 0. The largest absolute Gasteiger partial charge is 0.474 e. The quantitative estimate of drug-likeness (QED) is 0.448. The van der Waals surface area contributed by atoms with Crippen LogP contribution in [0.1, 0.15) is 89.0 Å². The summed E-state index contributed by atoms with van der Waals surface area (Å²) in [5, 5.41) is 10.5. The predicted octanol–water partition coefficient (Wildman–Crippen LogP) is 4.23. The number of aromatic nitrogens is 5. The summed E-state index contributed by atoms with van der Waals surface area (Å²) in [5.41, 5.74) is 1.90. The highest BCUT2D eigenvalue weighted by Gasteiger charge is 2.49. The Balaban J connectivity index is 1.31. The van der Waals surface area contributed by atoms with Gasteiger partial charge in [0.25, 0.3) is 0 Å². The summed E-state index contributed by atoms with van der Waals surface area (Å²) in [4.78, 5) is 28.5. The minimum atomic E-state index is -0.541. The Kier molecular flexibility index (Phi) is 6.33. The summed E-state index contributed by atoms with van der Waals surface area (Å²) in [6.45, 7) is 7.31. The summed E-state index contributed by atoms with van der Waals surface area (Å²) in [7, 11) is 2.19. The van der Waals surface area contributed by atoms with Gasteiger partial charge in [-0.2, -0.15) is 0 Å². The van der Waals surface area contributed by atoms with Crippen molar-refractivity contribution < 1.29 is 18.8 Å². The highest BCUT2D eigenvalue weighted by Crippen LogP contribution is 2.48. The SMILES string of the molecule is C[C@H]1C[C@@H](N2CCOc3nn([C@@H](C)[C@@H]4CCCN4C)c4nc(-c5noc6c5CCC[C@@]65CCCCC5=O)nc2c34)CO1. The number of fused-ring (bicyclic) bond motifs is 2. The van der Waals surface area contributed by atoms with Crippen molar-refractivity contribution in [1.82, 2.24) is 29.8 Å². The Bertz CT molecular complexity index is 1530. The summed E-state index contributed by atoms with van der Waals surface area (Å²) in [6.07, 6.45) is 9.48. The number of nitrogens with zero attached hydrogens (tertiary/aromatic N) is 7. The van der Waals surface area contributed by atoms with Gasteiger partial charge in [0.1, 0.15) is 23.6 Å². The van der Waals surface area contributed by atoms with Gasteiger partial charge in [-0.25, -0.2) is 14.6 Å². The van der Waals surface area contributed by atoms with E-state index < -0.39 is 5.41 Å². The van der Waals surface area contributed by atoms with Crippen LogP contribution in [0.4, 0.5) is 5.82 Å². The number of hydrogen-bond acceptors (Lipinski definition) is 10. The molecule has 8 rings (SSSR count). The zero-order valence-corrected chi connectivity index (χ0v) is 25.0. The lowest BCUT2D eigenvalue weighted by molar-refractivity contribution is -0.128. The van der Waals surface area contributed by atoms with Gasteiger partial charge in [0.05, 0.1) is 36.8 Å². The Hall–Kier alpha value is -3.05. The standard InChI is InChI=1S/C31H41N7O4/c1-18-16-20(17-41-18)37-14-15-40-30-24-28(37)32-27(33-29(24)38(34-30)19(2)22-9-7-13-36(22)3)25-21-8-6-12-31(26(21)42-35-25)11-5-4-10-23(31)39/h18-20,22H,4-17H2,1-3H3/t18-,19-,20+,22-,31+/m0/s1. The Morgan fingerprint density at radius 1 is 1.07 bits per heavy atom. The zero-order valence-electron chi connectivity index (χ0n) is 25.0. The molecular formula is C31H41N7O4. The molecule has 42 heavy (non-hydrogen) atoms. The maximum Gasteiger partial charge on any atom is 0.246 e. The lowest BCUT2D eigenvalue weighted by Crippen LogP contribution is -2.41. The van der Waals surface area contributed by atoms with E-state index in [0.29, 0.717) is 55.4 Å². The third-order valence-corrected chi connectivity index (χ3v) is 10.7. The first-order valence-corrected chi connectivity index (χ1v) is 16.0. The van der Waals surface area contributed by atoms with Crippen molar-refractivity contribution in [2.45, 2.75) is 108 Å². The molecule has 0 bridgehead atoms. The number of anilines is 1. The smallest absolute Gasteiger partial charge is 0.246 e. The molecule has 0 N–H and O–H groups in total. The fraction of sp³-hybridized carbons (Fsp3) is 0.710. The summed E-state index contributed by atoms with van der Waals surface area (Å²) in [6, 6.07) is 0.657. The monoisotopic (exact) mass is 575 g/mol. The lowest BCUT2D eigenvalue weighted by Gasteiger charge is -2.36. The van der Waals surface area contributed by atoms with Crippen LogP contribution in [0.25, 0.3) is 22.6 Å². The second kappa shape index (κ2) is 10.0. The third-order valence-electron chi connectivity index (χ3n) is 10.7. The first-order chi connectivity index (χ1) is 20.4. The molecule has 11 heteroatoms. The molecule has 2 aliphatic carbocycles. The maximum atomic E-state index is 13.3. The average molecular weight is 576 g/mol. The van der Waals surface area contributed by atoms with Crippen LogP contribution in [0.3, 0.4) is 0 Å². The molecule has 0 amide bonds. The van der Waals surface area contributed by atoms with Crippen molar-refractivity contribution in [3.05, 3.63) is 11.3 Å². The molecule has 1 spiro atoms. The van der Waals surface area contributed by atoms with Crippen molar-refractivity contribution in [3.63, 3.8) is 0 Å². The van der Waals surface area contributed by atoms with Gasteiger partial charge < -0.3 is 23.8 Å². The number of Topliss-reactive ketones (excluding diaryl/α,β-unsaturated/α-hetero) is 1. The van der Waals surface area contributed by atoms with Gasteiger partial charge in [0.2, 0.25) is 5.88 Å². The molecule has 224 valence electrons. The van der Waals surface area contributed by atoms with E-state index in [9.17, 15) is 4.79 Å². The van der Waals surface area contributed by atoms with Crippen molar-refractivity contribution in [3.8, 4) is 17.4 Å². The van der Waals surface area contributed by atoms with Crippen LogP contribution in [-0.2, 0) is 21.4 Å². The van der Waals surface area contributed by atoms with Crippen LogP contribution in [-0.4, -0.2) is 87.1 Å². The summed E-state index contributed by atoms with van der Waals surface area (Å²) in [5.74, 6) is 3.04. The number of ketones is 1. The van der Waals surface area contributed by atoms with Crippen LogP contribution >= 0.6 is 0 Å². The molecule has 11 nitrogen and oxygen atoms in total. The molecule has 3 aromatic rings. The molecule has 5 aliphatic rings. The number of ether oxygens (including phenoxy) is 2. The summed E-state index contributed by atoms with van der Waals surface area (Å²) < 4.78 is 20.5. The minimum Gasteiger partial charge on any atom is -0.474 e. The second-order valence-electron chi connectivity index (χ2n) is 13.2. The van der Waals surface area contributed by atoms with Gasteiger partial charge in [0.15, 0.2) is 22.9 Å². The van der Waals surface area contributed by atoms with Crippen LogP contribution < -0.4 is 9.64 Å². The second-order valence-corrected chi connectivity index (χ2v) is 13.2. The fourth-order valence-corrected chi connectivity index (χ4v) is 8.48. The van der Waals surface area contributed by atoms with E-state index in [-0.39, 0.29) is 18.2 Å².